The molecule has 0 atom stereocenters. The van der Waals surface area contributed by atoms with Crippen LogP contribution in [-0.2, 0) is 0 Å². The molecule has 0 aliphatic carbocycles. The third-order valence-electron chi connectivity index (χ3n) is 2.18. The van der Waals surface area contributed by atoms with E-state index >= 15 is 0 Å². The van der Waals surface area contributed by atoms with Crippen LogP contribution in [0.25, 0.3) is 0 Å². The number of unbranched alkanes of at least 4 members (excludes halogenated alkanes) is 2. The van der Waals surface area contributed by atoms with E-state index in [1.807, 2.05) is 11.9 Å². The second-order valence-electron chi connectivity index (χ2n) is 3.41. The van der Waals surface area contributed by atoms with Crippen molar-refractivity contribution >= 4 is 17.4 Å². The van der Waals surface area contributed by atoms with Crippen LogP contribution < -0.4 is 10.5 Å². The Labute approximate surface area is 94.3 Å². The van der Waals surface area contributed by atoms with Crippen molar-refractivity contribution < 1.29 is 0 Å². The van der Waals surface area contributed by atoms with Crippen molar-refractivity contribution in [3.8, 4) is 0 Å². The van der Waals surface area contributed by atoms with Crippen molar-refractivity contribution in [2.75, 3.05) is 24.4 Å². The molecule has 0 saturated heterocycles. The van der Waals surface area contributed by atoms with E-state index in [-0.39, 0.29) is 5.56 Å². The largest absolute Gasteiger partial charge is 0.355 e. The number of nitrogens with zero attached hydrogens (tertiary/aromatic N) is 2. The van der Waals surface area contributed by atoms with Crippen LogP contribution in [-0.4, -0.2) is 29.4 Å². The first kappa shape index (κ1) is 12.0. The van der Waals surface area contributed by atoms with Crippen LogP contribution in [0.4, 0.5) is 5.82 Å². The highest BCUT2D eigenvalue weighted by Gasteiger charge is 2.05. The van der Waals surface area contributed by atoms with E-state index in [2.05, 4.69) is 9.97 Å². The smallest absolute Gasteiger partial charge is 0.290 e. The maximum absolute atomic E-state index is 11.4. The molecule has 1 aromatic heterocycles. The Morgan fingerprint density at radius 3 is 2.93 bits per heavy atom. The van der Waals surface area contributed by atoms with Crippen LogP contribution in [0.15, 0.2) is 17.2 Å². The van der Waals surface area contributed by atoms with E-state index in [0.29, 0.717) is 11.7 Å². The lowest BCUT2D eigenvalue weighted by Gasteiger charge is -2.16. The fraction of sp³-hybridized carbons (Fsp3) is 0.600. The molecule has 1 N–H and O–H groups in total. The van der Waals surface area contributed by atoms with Gasteiger partial charge in [-0.05, 0) is 12.8 Å². The Morgan fingerprint density at radius 1 is 1.47 bits per heavy atom. The van der Waals surface area contributed by atoms with E-state index in [4.69, 9.17) is 11.6 Å². The summed E-state index contributed by atoms with van der Waals surface area (Å²) in [6.07, 6.45) is 6.25. The highest BCUT2D eigenvalue weighted by molar-refractivity contribution is 6.17. The summed E-state index contributed by atoms with van der Waals surface area (Å²) in [4.78, 5) is 19.9. The van der Waals surface area contributed by atoms with Crippen molar-refractivity contribution in [1.82, 2.24) is 9.97 Å². The van der Waals surface area contributed by atoms with Gasteiger partial charge in [-0.2, -0.15) is 0 Å². The molecule has 1 rings (SSSR count). The van der Waals surface area contributed by atoms with Crippen molar-refractivity contribution in [3.05, 3.63) is 22.7 Å². The number of aromatic amines is 1. The van der Waals surface area contributed by atoms with Gasteiger partial charge in [0, 0.05) is 31.9 Å². The maximum atomic E-state index is 11.4. The Bertz CT molecular complexity index is 339. The van der Waals surface area contributed by atoms with Crippen LogP contribution in [0.1, 0.15) is 19.3 Å². The number of alkyl halides is 1. The summed E-state index contributed by atoms with van der Waals surface area (Å²) in [7, 11) is 1.87. The third-order valence-corrected chi connectivity index (χ3v) is 2.44. The lowest BCUT2D eigenvalue weighted by Crippen LogP contribution is -2.27. The molecule has 1 heterocycles. The van der Waals surface area contributed by atoms with Crippen LogP contribution in [0, 0.1) is 0 Å². The first-order valence-corrected chi connectivity index (χ1v) is 5.60. The summed E-state index contributed by atoms with van der Waals surface area (Å²) in [5.41, 5.74) is -0.141. The fourth-order valence-corrected chi connectivity index (χ4v) is 1.53. The topological polar surface area (TPSA) is 49.0 Å². The molecular formula is C10H16ClN3O. The standard InChI is InChI=1S/C10H16ClN3O/c1-14(8-4-2-3-5-11)9-10(15)13-7-6-12-9/h6-7H,2-5,8H2,1H3,(H,13,15). The van der Waals surface area contributed by atoms with Crippen LogP contribution >= 0.6 is 11.6 Å². The quantitative estimate of drug-likeness (QED) is 0.596. The molecular weight excluding hydrogens is 214 g/mol. The number of hydrogen-bond donors (Lipinski definition) is 1. The Kier molecular flexibility index (Phi) is 5.18. The van der Waals surface area contributed by atoms with Gasteiger partial charge in [0.2, 0.25) is 0 Å². The van der Waals surface area contributed by atoms with Gasteiger partial charge in [-0.25, -0.2) is 4.98 Å². The van der Waals surface area contributed by atoms with E-state index in [1.165, 1.54) is 6.20 Å². The second-order valence-corrected chi connectivity index (χ2v) is 3.79. The molecule has 0 amide bonds. The molecule has 1 aromatic rings. The molecule has 0 fully saturated rings. The van der Waals surface area contributed by atoms with Gasteiger partial charge in [-0.1, -0.05) is 6.42 Å². The third kappa shape index (κ3) is 3.91. The molecule has 0 spiro atoms. The Morgan fingerprint density at radius 2 is 2.27 bits per heavy atom. The summed E-state index contributed by atoms with van der Waals surface area (Å²) in [5, 5.41) is 0. The number of halogens is 1. The summed E-state index contributed by atoms with van der Waals surface area (Å²) < 4.78 is 0. The summed E-state index contributed by atoms with van der Waals surface area (Å²) in [6.45, 7) is 0.830. The number of nitrogens with one attached hydrogen (secondary N) is 1. The van der Waals surface area contributed by atoms with Crippen molar-refractivity contribution in [1.29, 1.82) is 0 Å². The van der Waals surface area contributed by atoms with E-state index in [1.54, 1.807) is 6.20 Å². The van der Waals surface area contributed by atoms with Gasteiger partial charge in [0.15, 0.2) is 5.82 Å². The van der Waals surface area contributed by atoms with Crippen LogP contribution in [0.2, 0.25) is 0 Å². The normalized spacial score (nSPS) is 10.3. The molecule has 0 aliphatic rings. The molecule has 15 heavy (non-hydrogen) atoms. The second kappa shape index (κ2) is 6.45. The molecule has 84 valence electrons. The summed E-state index contributed by atoms with van der Waals surface area (Å²) in [6, 6.07) is 0. The highest BCUT2D eigenvalue weighted by atomic mass is 35.5. The van der Waals surface area contributed by atoms with Gasteiger partial charge >= 0.3 is 0 Å². The molecule has 0 unspecified atom stereocenters. The van der Waals surface area contributed by atoms with Crippen molar-refractivity contribution in [3.63, 3.8) is 0 Å². The number of anilines is 1. The summed E-state index contributed by atoms with van der Waals surface area (Å²) >= 11 is 5.58. The van der Waals surface area contributed by atoms with Crippen LogP contribution in [0.3, 0.4) is 0 Å². The molecule has 0 radical (unpaired) electrons. The minimum atomic E-state index is -0.141. The first-order valence-electron chi connectivity index (χ1n) is 5.06. The van der Waals surface area contributed by atoms with Gasteiger partial charge in [0.25, 0.3) is 5.56 Å². The average Bonchev–Trinajstić information content (AvgIpc) is 2.25. The maximum Gasteiger partial charge on any atom is 0.290 e. The minimum Gasteiger partial charge on any atom is -0.355 e. The van der Waals surface area contributed by atoms with Crippen LogP contribution in [0.5, 0.6) is 0 Å². The predicted octanol–water partition coefficient (Wildman–Crippen LogP) is 1.62. The molecule has 0 aromatic carbocycles. The van der Waals surface area contributed by atoms with Gasteiger partial charge in [0.05, 0.1) is 0 Å². The van der Waals surface area contributed by atoms with Gasteiger partial charge in [-0.15, -0.1) is 11.6 Å². The average molecular weight is 230 g/mol. The SMILES string of the molecule is CN(CCCCCCl)c1ncc[nH]c1=O. The molecule has 0 saturated carbocycles. The molecule has 5 heteroatoms. The number of hydrogen-bond acceptors (Lipinski definition) is 3. The van der Waals surface area contributed by atoms with Gasteiger partial charge in [-0.3, -0.25) is 4.79 Å². The zero-order chi connectivity index (χ0) is 11.1. The number of H-pyrrole nitrogens is 1. The predicted molar refractivity (Wildman–Crippen MR) is 62.7 cm³/mol. The van der Waals surface area contributed by atoms with E-state index in [0.717, 1.165) is 25.8 Å². The number of aromatic nitrogens is 2. The zero-order valence-corrected chi connectivity index (χ0v) is 9.63. The summed E-state index contributed by atoms with van der Waals surface area (Å²) in [5.74, 6) is 1.18. The monoisotopic (exact) mass is 229 g/mol. The Balaban J connectivity index is 2.43. The number of rotatable bonds is 6. The van der Waals surface area contributed by atoms with E-state index in [9.17, 15) is 4.79 Å². The van der Waals surface area contributed by atoms with E-state index < -0.39 is 0 Å². The molecule has 4 nitrogen and oxygen atoms in total. The van der Waals surface area contributed by atoms with Crippen molar-refractivity contribution in [2.45, 2.75) is 19.3 Å². The fourth-order valence-electron chi connectivity index (χ4n) is 1.34. The van der Waals surface area contributed by atoms with Crippen molar-refractivity contribution in [2.24, 2.45) is 0 Å². The lowest BCUT2D eigenvalue weighted by atomic mass is 10.2. The molecule has 0 aliphatic heterocycles. The minimum absolute atomic E-state index is 0.141. The van der Waals surface area contributed by atoms with Gasteiger partial charge in [0.1, 0.15) is 0 Å². The highest BCUT2D eigenvalue weighted by Crippen LogP contribution is 2.03. The first-order chi connectivity index (χ1) is 7.25. The molecule has 0 bridgehead atoms. The van der Waals surface area contributed by atoms with Gasteiger partial charge < -0.3 is 9.88 Å². The zero-order valence-electron chi connectivity index (χ0n) is 8.87. The Hall–Kier alpha value is -1.03. The lowest BCUT2D eigenvalue weighted by molar-refractivity contribution is 0.701.